The van der Waals surface area contributed by atoms with E-state index >= 15 is 0 Å². The third-order valence-corrected chi connectivity index (χ3v) is 4.73. The minimum atomic E-state index is -0.549. The molecule has 3 rings (SSSR count). The van der Waals surface area contributed by atoms with E-state index in [1.165, 1.54) is 22.2 Å². The van der Waals surface area contributed by atoms with E-state index in [0.717, 1.165) is 10.6 Å². The number of aromatic nitrogens is 2. The third-order valence-electron chi connectivity index (χ3n) is 3.68. The predicted octanol–water partition coefficient (Wildman–Crippen LogP) is 3.74. The standard InChI is InChI=1S/C18H15ClN2O3S/c1-11-4-3-5-16-20-12(8-17(22)21(11)16)10-24-18(23)14-9-13(25-2)6-7-15(14)19/h3-9H,10H2,1-2H3. The number of halogens is 1. The number of rotatable bonds is 4. The topological polar surface area (TPSA) is 60.7 Å². The van der Waals surface area contributed by atoms with Gasteiger partial charge < -0.3 is 4.74 Å². The molecule has 0 amide bonds. The summed E-state index contributed by atoms with van der Waals surface area (Å²) in [7, 11) is 0. The van der Waals surface area contributed by atoms with Crippen molar-refractivity contribution < 1.29 is 9.53 Å². The second kappa shape index (κ2) is 7.29. The molecular weight excluding hydrogens is 360 g/mol. The predicted molar refractivity (Wildman–Crippen MR) is 98.6 cm³/mol. The van der Waals surface area contributed by atoms with E-state index in [0.29, 0.717) is 21.9 Å². The highest BCUT2D eigenvalue weighted by atomic mass is 35.5. The summed E-state index contributed by atoms with van der Waals surface area (Å²) in [5.41, 5.74) is 1.78. The van der Waals surface area contributed by atoms with Crippen LogP contribution in [0.1, 0.15) is 21.7 Å². The Labute approximate surface area is 153 Å². The largest absolute Gasteiger partial charge is 0.456 e. The lowest BCUT2D eigenvalue weighted by molar-refractivity contribution is 0.0467. The van der Waals surface area contributed by atoms with E-state index in [-0.39, 0.29) is 12.2 Å². The number of carbonyl (C=O) groups is 1. The van der Waals surface area contributed by atoms with E-state index in [4.69, 9.17) is 16.3 Å². The number of pyridine rings is 1. The number of ether oxygens (including phenoxy) is 1. The van der Waals surface area contributed by atoms with Crippen LogP contribution >= 0.6 is 23.4 Å². The molecule has 0 N–H and O–H groups in total. The number of benzene rings is 1. The first kappa shape index (κ1) is 17.5. The lowest BCUT2D eigenvalue weighted by atomic mass is 10.2. The SMILES string of the molecule is CSc1ccc(Cl)c(C(=O)OCc2cc(=O)n3c(C)cccc3n2)c1. The maximum atomic E-state index is 12.3. The molecule has 0 aliphatic heterocycles. The van der Waals surface area contributed by atoms with Crippen molar-refractivity contribution in [1.29, 1.82) is 0 Å². The van der Waals surface area contributed by atoms with Crippen LogP contribution in [-0.2, 0) is 11.3 Å². The van der Waals surface area contributed by atoms with Gasteiger partial charge in [-0.05, 0) is 43.5 Å². The number of esters is 1. The molecule has 0 fully saturated rings. The number of hydrogen-bond acceptors (Lipinski definition) is 5. The van der Waals surface area contributed by atoms with Gasteiger partial charge in [-0.25, -0.2) is 9.78 Å². The number of carbonyl (C=O) groups excluding carboxylic acids is 1. The Bertz CT molecular complexity index is 1020. The van der Waals surface area contributed by atoms with Crippen molar-refractivity contribution in [1.82, 2.24) is 9.38 Å². The zero-order chi connectivity index (χ0) is 18.0. The molecule has 2 heterocycles. The Morgan fingerprint density at radius 2 is 2.08 bits per heavy atom. The van der Waals surface area contributed by atoms with E-state index in [9.17, 15) is 9.59 Å². The molecule has 7 heteroatoms. The molecule has 0 saturated heterocycles. The van der Waals surface area contributed by atoms with E-state index in [1.54, 1.807) is 18.2 Å². The van der Waals surface area contributed by atoms with E-state index in [2.05, 4.69) is 4.98 Å². The molecule has 0 aliphatic rings. The summed E-state index contributed by atoms with van der Waals surface area (Å²) >= 11 is 7.58. The zero-order valence-corrected chi connectivity index (χ0v) is 15.2. The van der Waals surface area contributed by atoms with Crippen molar-refractivity contribution in [3.05, 3.63) is 74.8 Å². The van der Waals surface area contributed by atoms with Gasteiger partial charge in [-0.3, -0.25) is 9.20 Å². The van der Waals surface area contributed by atoms with Crippen LogP contribution in [0.2, 0.25) is 5.02 Å². The van der Waals surface area contributed by atoms with Crippen LogP contribution in [0.5, 0.6) is 0 Å². The summed E-state index contributed by atoms with van der Waals surface area (Å²) in [5, 5.41) is 0.324. The summed E-state index contributed by atoms with van der Waals surface area (Å²) < 4.78 is 6.79. The van der Waals surface area contributed by atoms with Crippen molar-refractivity contribution >= 4 is 35.0 Å². The summed E-state index contributed by atoms with van der Waals surface area (Å²) in [5.74, 6) is -0.549. The van der Waals surface area contributed by atoms with Crippen molar-refractivity contribution in [3.8, 4) is 0 Å². The highest BCUT2D eigenvalue weighted by Crippen LogP contribution is 2.23. The summed E-state index contributed by atoms with van der Waals surface area (Å²) in [6.45, 7) is 1.73. The van der Waals surface area contributed by atoms with Gasteiger partial charge in [0.1, 0.15) is 12.3 Å². The number of aryl methyl sites for hydroxylation is 1. The number of hydrogen-bond donors (Lipinski definition) is 0. The number of thioether (sulfide) groups is 1. The second-order valence-electron chi connectivity index (χ2n) is 5.37. The van der Waals surface area contributed by atoms with Gasteiger partial charge in [0.25, 0.3) is 5.56 Å². The van der Waals surface area contributed by atoms with Gasteiger partial charge in [-0.15, -0.1) is 11.8 Å². The van der Waals surface area contributed by atoms with Crippen LogP contribution in [0.15, 0.2) is 52.2 Å². The van der Waals surface area contributed by atoms with Crippen molar-refractivity contribution in [2.45, 2.75) is 18.4 Å². The molecule has 5 nitrogen and oxygen atoms in total. The van der Waals surface area contributed by atoms with Gasteiger partial charge in [-0.1, -0.05) is 17.7 Å². The smallest absolute Gasteiger partial charge is 0.340 e. The molecule has 3 aromatic rings. The maximum Gasteiger partial charge on any atom is 0.340 e. The molecule has 0 atom stereocenters. The molecule has 25 heavy (non-hydrogen) atoms. The average Bonchev–Trinajstić information content (AvgIpc) is 2.60. The highest BCUT2D eigenvalue weighted by molar-refractivity contribution is 7.98. The summed E-state index contributed by atoms with van der Waals surface area (Å²) in [6, 6.07) is 11.9. The maximum absolute atomic E-state index is 12.3. The fraction of sp³-hybridized carbons (Fsp3) is 0.167. The van der Waals surface area contributed by atoms with Gasteiger partial charge in [0.2, 0.25) is 0 Å². The molecule has 0 radical (unpaired) electrons. The molecule has 2 aromatic heterocycles. The Morgan fingerprint density at radius 1 is 1.28 bits per heavy atom. The Hall–Kier alpha value is -2.31. The van der Waals surface area contributed by atoms with Gasteiger partial charge in [0, 0.05) is 16.7 Å². The molecule has 0 spiro atoms. The molecule has 128 valence electrons. The first-order chi connectivity index (χ1) is 12.0. The Balaban J connectivity index is 1.83. The molecular formula is C18H15ClN2O3S. The molecule has 0 bridgehead atoms. The highest BCUT2D eigenvalue weighted by Gasteiger charge is 2.14. The quantitative estimate of drug-likeness (QED) is 0.514. The fourth-order valence-corrected chi connectivity index (χ4v) is 3.08. The minimum absolute atomic E-state index is 0.0989. The number of fused-ring (bicyclic) bond motifs is 1. The monoisotopic (exact) mass is 374 g/mol. The second-order valence-corrected chi connectivity index (χ2v) is 6.66. The van der Waals surface area contributed by atoms with Crippen molar-refractivity contribution in [3.63, 3.8) is 0 Å². The fourth-order valence-electron chi connectivity index (χ4n) is 2.44. The van der Waals surface area contributed by atoms with Crippen LogP contribution < -0.4 is 5.56 Å². The van der Waals surface area contributed by atoms with Crippen LogP contribution in [0.25, 0.3) is 5.65 Å². The van der Waals surface area contributed by atoms with Gasteiger partial charge in [0.15, 0.2) is 0 Å². The molecule has 0 saturated carbocycles. The Morgan fingerprint density at radius 3 is 2.84 bits per heavy atom. The lowest BCUT2D eigenvalue weighted by Crippen LogP contribution is -2.18. The third kappa shape index (κ3) is 3.70. The van der Waals surface area contributed by atoms with Gasteiger partial charge >= 0.3 is 5.97 Å². The summed E-state index contributed by atoms with van der Waals surface area (Å²) in [4.78, 5) is 29.8. The summed E-state index contributed by atoms with van der Waals surface area (Å²) in [6.07, 6.45) is 1.91. The normalized spacial score (nSPS) is 10.8. The van der Waals surface area contributed by atoms with Crippen LogP contribution in [0.3, 0.4) is 0 Å². The molecule has 0 unspecified atom stereocenters. The van der Waals surface area contributed by atoms with Crippen molar-refractivity contribution in [2.75, 3.05) is 6.26 Å². The van der Waals surface area contributed by atoms with Gasteiger partial charge in [0.05, 0.1) is 16.3 Å². The average molecular weight is 375 g/mol. The molecule has 1 aromatic carbocycles. The first-order valence-corrected chi connectivity index (χ1v) is 9.09. The van der Waals surface area contributed by atoms with Crippen LogP contribution in [-0.4, -0.2) is 21.6 Å². The lowest BCUT2D eigenvalue weighted by Gasteiger charge is -2.09. The van der Waals surface area contributed by atoms with E-state index in [1.807, 2.05) is 31.4 Å². The molecule has 0 aliphatic carbocycles. The first-order valence-electron chi connectivity index (χ1n) is 7.48. The van der Waals surface area contributed by atoms with E-state index < -0.39 is 5.97 Å². The number of nitrogens with zero attached hydrogens (tertiary/aromatic N) is 2. The van der Waals surface area contributed by atoms with Gasteiger partial charge in [-0.2, -0.15) is 0 Å². The Kier molecular flexibility index (Phi) is 5.11. The zero-order valence-electron chi connectivity index (χ0n) is 13.7. The van der Waals surface area contributed by atoms with Crippen LogP contribution in [0, 0.1) is 6.92 Å². The van der Waals surface area contributed by atoms with Crippen LogP contribution in [0.4, 0.5) is 0 Å². The minimum Gasteiger partial charge on any atom is -0.456 e. The van der Waals surface area contributed by atoms with Crippen molar-refractivity contribution in [2.24, 2.45) is 0 Å².